The van der Waals surface area contributed by atoms with E-state index in [1.165, 1.54) is 0 Å². The van der Waals surface area contributed by atoms with Crippen molar-refractivity contribution in [2.24, 2.45) is 0 Å². The maximum Gasteiger partial charge on any atom is 0.325 e. The molecule has 0 bridgehead atoms. The van der Waals surface area contributed by atoms with Crippen LogP contribution in [0.4, 0.5) is 4.79 Å². The van der Waals surface area contributed by atoms with Crippen molar-refractivity contribution in [2.75, 3.05) is 26.7 Å². The lowest BCUT2D eigenvalue weighted by Gasteiger charge is -2.39. The lowest BCUT2D eigenvalue weighted by molar-refractivity contribution is -0.253. The minimum Gasteiger partial charge on any atom is -0.465 e. The van der Waals surface area contributed by atoms with Gasteiger partial charge in [0.25, 0.3) is 0 Å². The number of amides is 2. The van der Waals surface area contributed by atoms with E-state index >= 15 is 0 Å². The van der Waals surface area contributed by atoms with Crippen LogP contribution in [-0.4, -0.2) is 66.0 Å². The molecule has 4 aromatic rings. The molecule has 0 aliphatic carbocycles. The smallest absolute Gasteiger partial charge is 0.325 e. The molecular weight excluding hydrogens is 634 g/mol. The Morgan fingerprint density at radius 2 is 1.60 bits per heavy atom. The molecule has 2 amide bonds. The van der Waals surface area contributed by atoms with Gasteiger partial charge in [-0.05, 0) is 60.3 Å². The van der Waals surface area contributed by atoms with Crippen LogP contribution in [0.3, 0.4) is 0 Å². The van der Waals surface area contributed by atoms with Gasteiger partial charge in [-0.15, -0.1) is 0 Å². The first kappa shape index (κ1) is 36.7. The van der Waals surface area contributed by atoms with Gasteiger partial charge in [0.1, 0.15) is 6.54 Å². The Morgan fingerprint density at radius 1 is 0.880 bits per heavy atom. The molecule has 1 aliphatic rings. The third kappa shape index (κ3) is 9.99. The molecule has 0 spiro atoms. The van der Waals surface area contributed by atoms with Gasteiger partial charge in [-0.3, -0.25) is 9.69 Å². The molecule has 5 rings (SSSR count). The molecule has 0 saturated carbocycles. The van der Waals surface area contributed by atoms with E-state index in [2.05, 4.69) is 15.5 Å². The van der Waals surface area contributed by atoms with Crippen LogP contribution in [-0.2, 0) is 32.2 Å². The number of urea groups is 1. The number of likely N-dealkylation sites (N-methyl/N-ethyl adjacent to an activating group) is 1. The van der Waals surface area contributed by atoms with E-state index in [-0.39, 0.29) is 38.0 Å². The summed E-state index contributed by atoms with van der Waals surface area (Å²) in [6.07, 6.45) is -1.03. The van der Waals surface area contributed by atoms with Gasteiger partial charge in [-0.2, -0.15) is 0 Å². The van der Waals surface area contributed by atoms with E-state index in [4.69, 9.17) is 14.2 Å². The number of carbonyl (C=O) groups is 2. The molecule has 1 heterocycles. The maximum absolute atomic E-state index is 12.1. The van der Waals surface area contributed by atoms with Crippen LogP contribution in [0.25, 0.3) is 11.1 Å². The largest absolute Gasteiger partial charge is 0.465 e. The number of benzene rings is 4. The standard InChI is InChI=1S/C40H47N3O7/c1-4-48-37(45)24-42-40(47)41-23-29-9-8-12-34(21-29)30-17-19-33(20-18-30)39-49-35(22-36(50-39)31-15-13-28(26-44)14-16-31)25-43(3)27(2)38(46)32-10-6-5-7-11-32/h5-21,27,35-36,38-39,44,46H,4,22-26H2,1-3H3,(H2,41,42,47). The molecule has 50 heavy (non-hydrogen) atoms. The van der Waals surface area contributed by atoms with E-state index in [1.54, 1.807) is 6.92 Å². The van der Waals surface area contributed by atoms with E-state index in [1.807, 2.05) is 117 Å². The summed E-state index contributed by atoms with van der Waals surface area (Å²) >= 11 is 0. The van der Waals surface area contributed by atoms with Gasteiger partial charge in [0.2, 0.25) is 0 Å². The monoisotopic (exact) mass is 681 g/mol. The van der Waals surface area contributed by atoms with Gasteiger partial charge in [0.05, 0.1) is 31.5 Å². The molecular formula is C40H47N3O7. The highest BCUT2D eigenvalue weighted by Crippen LogP contribution is 2.39. The van der Waals surface area contributed by atoms with Gasteiger partial charge < -0.3 is 35.1 Å². The van der Waals surface area contributed by atoms with Crippen LogP contribution >= 0.6 is 0 Å². The van der Waals surface area contributed by atoms with Crippen molar-refractivity contribution < 1.29 is 34.0 Å². The molecule has 0 radical (unpaired) electrons. The Labute approximate surface area is 294 Å². The minimum absolute atomic E-state index is 0.0230. The van der Waals surface area contributed by atoms with Crippen molar-refractivity contribution in [1.29, 1.82) is 0 Å². The summed E-state index contributed by atoms with van der Waals surface area (Å²) in [6, 6.07) is 32.9. The molecule has 1 fully saturated rings. The second-order valence-corrected chi connectivity index (χ2v) is 12.5. The average molecular weight is 682 g/mol. The number of hydrogen-bond donors (Lipinski definition) is 4. The summed E-state index contributed by atoms with van der Waals surface area (Å²) in [5, 5.41) is 25.9. The number of nitrogens with one attached hydrogen (secondary N) is 2. The van der Waals surface area contributed by atoms with Crippen molar-refractivity contribution in [3.63, 3.8) is 0 Å². The second kappa shape index (κ2) is 17.9. The van der Waals surface area contributed by atoms with Crippen LogP contribution < -0.4 is 10.6 Å². The highest BCUT2D eigenvalue weighted by Gasteiger charge is 2.34. The van der Waals surface area contributed by atoms with Crippen molar-refractivity contribution in [3.05, 3.63) is 131 Å². The van der Waals surface area contributed by atoms with Crippen molar-refractivity contribution in [1.82, 2.24) is 15.5 Å². The summed E-state index contributed by atoms with van der Waals surface area (Å²) in [5.41, 5.74) is 6.49. The number of esters is 1. The number of carbonyl (C=O) groups excluding carboxylic acids is 2. The molecule has 1 saturated heterocycles. The first-order chi connectivity index (χ1) is 24.2. The summed E-state index contributed by atoms with van der Waals surface area (Å²) in [4.78, 5) is 25.8. The fraction of sp³-hybridized carbons (Fsp3) is 0.350. The molecule has 5 atom stereocenters. The Bertz CT molecular complexity index is 1670. The Hall–Kier alpha value is -4.58. The van der Waals surface area contributed by atoms with Crippen LogP contribution in [0.5, 0.6) is 0 Å². The highest BCUT2D eigenvalue weighted by molar-refractivity contribution is 5.80. The first-order valence-corrected chi connectivity index (χ1v) is 17.0. The lowest BCUT2D eigenvalue weighted by Crippen LogP contribution is -2.43. The average Bonchev–Trinajstić information content (AvgIpc) is 3.16. The number of aliphatic hydroxyl groups excluding tert-OH is 2. The lowest BCUT2D eigenvalue weighted by atomic mass is 9.98. The SMILES string of the molecule is CCOC(=O)CNC(=O)NCc1cccc(-c2ccc(C3OC(CN(C)C(C)C(O)c4ccccc4)CC(c4ccc(CO)cc4)O3)cc2)c1. The zero-order valence-corrected chi connectivity index (χ0v) is 28.8. The van der Waals surface area contributed by atoms with Crippen LogP contribution in [0.1, 0.15) is 66.6 Å². The number of rotatable bonds is 14. The van der Waals surface area contributed by atoms with E-state index < -0.39 is 24.4 Å². The topological polar surface area (TPSA) is 130 Å². The van der Waals surface area contributed by atoms with Crippen molar-refractivity contribution in [3.8, 4) is 11.1 Å². The minimum atomic E-state index is -0.644. The Morgan fingerprint density at radius 3 is 2.30 bits per heavy atom. The molecule has 10 heteroatoms. The maximum atomic E-state index is 12.1. The van der Waals surface area contributed by atoms with E-state index in [0.29, 0.717) is 19.5 Å². The quantitative estimate of drug-likeness (QED) is 0.123. The fourth-order valence-corrected chi connectivity index (χ4v) is 5.99. The van der Waals surface area contributed by atoms with Gasteiger partial charge in [-0.25, -0.2) is 4.79 Å². The van der Waals surface area contributed by atoms with Gasteiger partial charge >= 0.3 is 12.0 Å². The second-order valence-electron chi connectivity index (χ2n) is 12.5. The summed E-state index contributed by atoms with van der Waals surface area (Å²) < 4.78 is 18.0. The van der Waals surface area contributed by atoms with E-state index in [9.17, 15) is 19.8 Å². The molecule has 4 N–H and O–H groups in total. The van der Waals surface area contributed by atoms with Gasteiger partial charge in [0, 0.05) is 31.1 Å². The number of aliphatic hydroxyl groups is 2. The number of ether oxygens (including phenoxy) is 3. The van der Waals surface area contributed by atoms with Crippen LogP contribution in [0.15, 0.2) is 103 Å². The fourth-order valence-electron chi connectivity index (χ4n) is 5.99. The predicted molar refractivity (Wildman–Crippen MR) is 191 cm³/mol. The van der Waals surface area contributed by atoms with E-state index in [0.717, 1.165) is 38.9 Å². The molecule has 5 unspecified atom stereocenters. The third-order valence-corrected chi connectivity index (χ3v) is 8.99. The van der Waals surface area contributed by atoms with Crippen LogP contribution in [0.2, 0.25) is 0 Å². The normalized spacial score (nSPS) is 18.6. The van der Waals surface area contributed by atoms with Crippen molar-refractivity contribution in [2.45, 2.75) is 64.1 Å². The molecule has 0 aromatic heterocycles. The van der Waals surface area contributed by atoms with Crippen molar-refractivity contribution >= 4 is 12.0 Å². The Balaban J connectivity index is 1.27. The number of hydrogen-bond acceptors (Lipinski definition) is 8. The third-order valence-electron chi connectivity index (χ3n) is 8.99. The number of nitrogens with zero attached hydrogens (tertiary/aromatic N) is 1. The van der Waals surface area contributed by atoms with Gasteiger partial charge in [-0.1, -0.05) is 97.1 Å². The zero-order valence-electron chi connectivity index (χ0n) is 28.8. The molecule has 1 aliphatic heterocycles. The molecule has 10 nitrogen and oxygen atoms in total. The zero-order chi connectivity index (χ0) is 35.5. The predicted octanol–water partition coefficient (Wildman–Crippen LogP) is 5.81. The summed E-state index contributed by atoms with van der Waals surface area (Å²) in [5.74, 6) is -0.486. The Kier molecular flexibility index (Phi) is 13.1. The van der Waals surface area contributed by atoms with Gasteiger partial charge in [0.15, 0.2) is 6.29 Å². The summed E-state index contributed by atoms with van der Waals surface area (Å²) in [7, 11) is 2.00. The summed E-state index contributed by atoms with van der Waals surface area (Å²) in [6.45, 7) is 4.67. The molecule has 4 aromatic carbocycles. The van der Waals surface area contributed by atoms with Crippen LogP contribution in [0, 0.1) is 0 Å². The first-order valence-electron chi connectivity index (χ1n) is 17.0. The molecule has 264 valence electrons. The highest BCUT2D eigenvalue weighted by atomic mass is 16.7.